The lowest BCUT2D eigenvalue weighted by Crippen LogP contribution is -2.16. The second kappa shape index (κ2) is 13.7. The van der Waals surface area contributed by atoms with E-state index in [1.807, 2.05) is 0 Å². The number of nitrogens with zero attached hydrogens (tertiary/aromatic N) is 1. The van der Waals surface area contributed by atoms with Crippen LogP contribution in [0.4, 0.5) is 17.1 Å². The summed E-state index contributed by atoms with van der Waals surface area (Å²) >= 11 is 0. The topological polar surface area (TPSA) is 16.4 Å². The van der Waals surface area contributed by atoms with Gasteiger partial charge < -0.3 is 9.32 Å². The molecule has 0 fully saturated rings. The quantitative estimate of drug-likeness (QED) is 0.156. The third-order valence-electron chi connectivity index (χ3n) is 13.1. The van der Waals surface area contributed by atoms with Crippen LogP contribution in [0.15, 0.2) is 217 Å². The Bertz CT molecular complexity index is 3470. The van der Waals surface area contributed by atoms with Gasteiger partial charge in [-0.3, -0.25) is 0 Å². The molecule has 12 rings (SSSR count). The van der Waals surface area contributed by atoms with Gasteiger partial charge in [-0.2, -0.15) is 0 Å². The average molecular weight is 780 g/mol. The molecule has 0 atom stereocenters. The fourth-order valence-electron chi connectivity index (χ4n) is 10.1. The van der Waals surface area contributed by atoms with Crippen molar-refractivity contribution in [1.82, 2.24) is 0 Å². The van der Waals surface area contributed by atoms with Gasteiger partial charge in [0.05, 0.1) is 5.69 Å². The molecule has 1 aliphatic rings. The number of rotatable bonds is 6. The molecule has 0 spiro atoms. The van der Waals surface area contributed by atoms with Crippen molar-refractivity contribution in [2.75, 3.05) is 4.90 Å². The van der Waals surface area contributed by atoms with E-state index in [1.54, 1.807) is 0 Å². The highest BCUT2D eigenvalue weighted by Gasteiger charge is 2.36. The van der Waals surface area contributed by atoms with E-state index in [2.05, 4.69) is 231 Å². The maximum absolute atomic E-state index is 7.19. The first-order valence-corrected chi connectivity index (χ1v) is 21.2. The van der Waals surface area contributed by atoms with E-state index >= 15 is 0 Å². The van der Waals surface area contributed by atoms with E-state index in [4.69, 9.17) is 4.42 Å². The van der Waals surface area contributed by atoms with Gasteiger partial charge in [-0.25, -0.2) is 0 Å². The SMILES string of the molecule is CC1(C)c2ccccc2-c2ccc(N(c3ccc(-c4ccccc4)cc3)c3cc(-c4ccc(-c5ccccc5)cc4)c4c(c3)oc3c5ccccc5c5ccccc5c34)cc21. The maximum atomic E-state index is 7.19. The molecule has 61 heavy (non-hydrogen) atoms. The van der Waals surface area contributed by atoms with Crippen LogP contribution in [0.5, 0.6) is 0 Å². The van der Waals surface area contributed by atoms with Crippen molar-refractivity contribution in [3.8, 4) is 44.5 Å². The van der Waals surface area contributed by atoms with Crippen LogP contribution < -0.4 is 4.90 Å². The minimum Gasteiger partial charge on any atom is -0.455 e. The molecule has 2 heteroatoms. The molecule has 1 aliphatic carbocycles. The summed E-state index contributed by atoms with van der Waals surface area (Å²) in [5, 5.41) is 7.00. The Balaban J connectivity index is 1.14. The summed E-state index contributed by atoms with van der Waals surface area (Å²) in [5.41, 5.74) is 17.2. The number of furan rings is 1. The predicted octanol–water partition coefficient (Wildman–Crippen LogP) is 16.7. The number of hydrogen-bond acceptors (Lipinski definition) is 2. The highest BCUT2D eigenvalue weighted by Crippen LogP contribution is 2.52. The number of fused-ring (bicyclic) bond motifs is 11. The van der Waals surface area contributed by atoms with Crippen LogP contribution >= 0.6 is 0 Å². The molecule has 0 saturated carbocycles. The molecule has 1 aromatic heterocycles. The summed E-state index contributed by atoms with van der Waals surface area (Å²) in [7, 11) is 0. The van der Waals surface area contributed by atoms with Gasteiger partial charge in [-0.1, -0.05) is 190 Å². The summed E-state index contributed by atoms with van der Waals surface area (Å²) in [6.07, 6.45) is 0. The van der Waals surface area contributed by atoms with Gasteiger partial charge in [0, 0.05) is 39.0 Å². The second-order valence-electron chi connectivity index (χ2n) is 16.9. The molecule has 0 N–H and O–H groups in total. The fourth-order valence-corrected chi connectivity index (χ4v) is 10.1. The molecule has 0 radical (unpaired) electrons. The summed E-state index contributed by atoms with van der Waals surface area (Å²) in [6.45, 7) is 4.71. The van der Waals surface area contributed by atoms with Crippen LogP contribution in [0.1, 0.15) is 25.0 Å². The third-order valence-corrected chi connectivity index (χ3v) is 13.1. The lowest BCUT2D eigenvalue weighted by Gasteiger charge is -2.29. The standard InChI is InChI=1S/C59H41NO/c1-59(2)53-24-14-13-21-48(53)49-34-33-44(36-54(49)59)60(43-31-29-41(30-32-43)39-17-7-4-8-18-39)45-35-52(42-27-25-40(26-28-42)38-15-5-3-6-16-38)56-55(37-45)61-58-51-23-12-10-20-47(51)46-19-9-11-22-50(46)57(56)58/h3-37H,1-2H3. The van der Waals surface area contributed by atoms with Crippen molar-refractivity contribution in [2.45, 2.75) is 19.3 Å². The summed E-state index contributed by atoms with van der Waals surface area (Å²) < 4.78 is 7.19. The molecule has 1 heterocycles. The molecule has 11 aromatic rings. The Morgan fingerprint density at radius 2 is 0.852 bits per heavy atom. The van der Waals surface area contributed by atoms with E-state index < -0.39 is 0 Å². The van der Waals surface area contributed by atoms with Gasteiger partial charge in [-0.15, -0.1) is 0 Å². The molecule has 0 aliphatic heterocycles. The molecule has 0 saturated heterocycles. The zero-order valence-corrected chi connectivity index (χ0v) is 34.1. The van der Waals surface area contributed by atoms with Gasteiger partial charge in [0.2, 0.25) is 0 Å². The van der Waals surface area contributed by atoms with Crippen LogP contribution in [-0.4, -0.2) is 0 Å². The van der Waals surface area contributed by atoms with E-state index in [9.17, 15) is 0 Å². The molecule has 10 aromatic carbocycles. The van der Waals surface area contributed by atoms with Crippen LogP contribution in [0.25, 0.3) is 88.0 Å². The molecule has 0 amide bonds. The Hall–Kier alpha value is -7.68. The van der Waals surface area contributed by atoms with E-state index in [0.717, 1.165) is 55.5 Å². The lowest BCUT2D eigenvalue weighted by molar-refractivity contribution is 0.660. The maximum Gasteiger partial charge on any atom is 0.143 e. The normalized spacial score (nSPS) is 12.9. The Kier molecular flexibility index (Phi) is 7.92. The van der Waals surface area contributed by atoms with Gasteiger partial charge in [0.1, 0.15) is 11.2 Å². The molecule has 2 nitrogen and oxygen atoms in total. The molecule has 0 unspecified atom stereocenters. The van der Waals surface area contributed by atoms with Gasteiger partial charge >= 0.3 is 0 Å². The van der Waals surface area contributed by atoms with E-state index in [0.29, 0.717) is 0 Å². The zero-order valence-electron chi connectivity index (χ0n) is 34.1. The predicted molar refractivity (Wildman–Crippen MR) is 257 cm³/mol. The highest BCUT2D eigenvalue weighted by molar-refractivity contribution is 6.32. The van der Waals surface area contributed by atoms with E-state index in [-0.39, 0.29) is 5.41 Å². The minimum atomic E-state index is -0.152. The lowest BCUT2D eigenvalue weighted by atomic mass is 9.82. The zero-order chi connectivity index (χ0) is 40.7. The van der Waals surface area contributed by atoms with Crippen molar-refractivity contribution in [2.24, 2.45) is 0 Å². The van der Waals surface area contributed by atoms with Crippen LogP contribution in [0.2, 0.25) is 0 Å². The monoisotopic (exact) mass is 779 g/mol. The number of anilines is 3. The van der Waals surface area contributed by atoms with Crippen molar-refractivity contribution in [1.29, 1.82) is 0 Å². The van der Waals surface area contributed by atoms with Crippen LogP contribution in [0.3, 0.4) is 0 Å². The first-order valence-electron chi connectivity index (χ1n) is 21.2. The van der Waals surface area contributed by atoms with Crippen molar-refractivity contribution >= 4 is 60.5 Å². The smallest absolute Gasteiger partial charge is 0.143 e. The first kappa shape index (κ1) is 35.3. The van der Waals surface area contributed by atoms with E-state index in [1.165, 1.54) is 60.7 Å². The molecular weight excluding hydrogens is 739 g/mol. The second-order valence-corrected chi connectivity index (χ2v) is 16.9. The van der Waals surface area contributed by atoms with Crippen molar-refractivity contribution in [3.63, 3.8) is 0 Å². The molecule has 288 valence electrons. The largest absolute Gasteiger partial charge is 0.455 e. The molecule has 0 bridgehead atoms. The summed E-state index contributed by atoms with van der Waals surface area (Å²) in [4.78, 5) is 2.42. The van der Waals surface area contributed by atoms with Gasteiger partial charge in [0.25, 0.3) is 0 Å². The summed E-state index contributed by atoms with van der Waals surface area (Å²) in [6, 6.07) is 77.3. The average Bonchev–Trinajstić information content (AvgIpc) is 3.82. The van der Waals surface area contributed by atoms with Gasteiger partial charge in [-0.05, 0) is 102 Å². The Labute approximate surface area is 355 Å². The van der Waals surface area contributed by atoms with Crippen molar-refractivity contribution in [3.05, 3.63) is 223 Å². The number of benzene rings is 10. The van der Waals surface area contributed by atoms with Crippen LogP contribution in [0, 0.1) is 0 Å². The molecular formula is C59H41NO. The van der Waals surface area contributed by atoms with Crippen LogP contribution in [-0.2, 0) is 5.41 Å². The minimum absolute atomic E-state index is 0.152. The van der Waals surface area contributed by atoms with Crippen molar-refractivity contribution < 1.29 is 4.42 Å². The summed E-state index contributed by atoms with van der Waals surface area (Å²) in [5.74, 6) is 0. The third kappa shape index (κ3) is 5.56. The fraction of sp³-hybridized carbons (Fsp3) is 0.0508. The Morgan fingerprint density at radius 1 is 0.344 bits per heavy atom. The number of hydrogen-bond donors (Lipinski definition) is 0. The first-order chi connectivity index (χ1) is 30.0. The van der Waals surface area contributed by atoms with Gasteiger partial charge in [0.15, 0.2) is 0 Å². The Morgan fingerprint density at radius 3 is 1.54 bits per heavy atom. The highest BCUT2D eigenvalue weighted by atomic mass is 16.3.